The molecule has 0 aliphatic heterocycles. The molecule has 1 amide bonds. The highest BCUT2D eigenvalue weighted by Crippen LogP contribution is 2.23. The summed E-state index contributed by atoms with van der Waals surface area (Å²) < 4.78 is 7.63. The number of nitro groups is 1. The molecule has 0 radical (unpaired) electrons. The Balaban J connectivity index is 1.61. The first-order valence-electron chi connectivity index (χ1n) is 9.65. The lowest BCUT2D eigenvalue weighted by Gasteiger charge is -2.09. The van der Waals surface area contributed by atoms with Crippen LogP contribution in [0.15, 0.2) is 48.7 Å². The van der Waals surface area contributed by atoms with Gasteiger partial charge in [-0.15, -0.1) is 0 Å². The maximum atomic E-state index is 12.5. The Kier molecular flexibility index (Phi) is 6.46. The molecule has 30 heavy (non-hydrogen) atoms. The van der Waals surface area contributed by atoms with Crippen molar-refractivity contribution < 1.29 is 14.5 Å². The molecule has 1 N–H and O–H groups in total. The van der Waals surface area contributed by atoms with Crippen LogP contribution in [0.5, 0.6) is 5.75 Å². The Labute approximate surface area is 174 Å². The summed E-state index contributed by atoms with van der Waals surface area (Å²) in [4.78, 5) is 23.0. The van der Waals surface area contributed by atoms with Gasteiger partial charge in [-0.1, -0.05) is 12.1 Å². The zero-order valence-electron chi connectivity index (χ0n) is 17.2. The van der Waals surface area contributed by atoms with Crippen molar-refractivity contribution in [2.24, 2.45) is 0 Å². The van der Waals surface area contributed by atoms with Crippen molar-refractivity contribution in [3.63, 3.8) is 0 Å². The van der Waals surface area contributed by atoms with Crippen molar-refractivity contribution in [3.8, 4) is 5.75 Å². The zero-order valence-corrected chi connectivity index (χ0v) is 17.2. The SMILES string of the molecule is CCn1ncc(CNC(=O)c2cccc(COc3ccc([N+](=O)[O-])c(C)c3)c2)c1C. The summed E-state index contributed by atoms with van der Waals surface area (Å²) in [5.74, 6) is 0.364. The third-order valence-electron chi connectivity index (χ3n) is 4.90. The number of benzene rings is 2. The summed E-state index contributed by atoms with van der Waals surface area (Å²) in [5, 5.41) is 18.1. The monoisotopic (exact) mass is 408 g/mol. The number of hydrogen-bond acceptors (Lipinski definition) is 5. The number of carbonyl (C=O) groups is 1. The van der Waals surface area contributed by atoms with Gasteiger partial charge in [0.25, 0.3) is 11.6 Å². The second-order valence-corrected chi connectivity index (χ2v) is 6.95. The van der Waals surface area contributed by atoms with Crippen LogP contribution in [-0.4, -0.2) is 20.6 Å². The van der Waals surface area contributed by atoms with Crippen molar-refractivity contribution >= 4 is 11.6 Å². The highest BCUT2D eigenvalue weighted by molar-refractivity contribution is 5.94. The van der Waals surface area contributed by atoms with Crippen LogP contribution in [0.25, 0.3) is 0 Å². The summed E-state index contributed by atoms with van der Waals surface area (Å²) in [7, 11) is 0. The van der Waals surface area contributed by atoms with Gasteiger partial charge in [-0.05, 0) is 50.6 Å². The summed E-state index contributed by atoms with van der Waals surface area (Å²) in [6.45, 7) is 7.12. The van der Waals surface area contributed by atoms with E-state index in [0.717, 1.165) is 23.4 Å². The van der Waals surface area contributed by atoms with Gasteiger partial charge in [0.2, 0.25) is 0 Å². The molecule has 0 aliphatic carbocycles. The summed E-state index contributed by atoms with van der Waals surface area (Å²) in [5.41, 5.74) is 3.98. The number of ether oxygens (including phenoxy) is 1. The molecular formula is C22H24N4O4. The van der Waals surface area contributed by atoms with Crippen LogP contribution in [0.3, 0.4) is 0 Å². The van der Waals surface area contributed by atoms with Crippen molar-refractivity contribution in [1.29, 1.82) is 0 Å². The molecule has 8 nitrogen and oxygen atoms in total. The third kappa shape index (κ3) is 4.83. The first-order valence-corrected chi connectivity index (χ1v) is 9.65. The van der Waals surface area contributed by atoms with E-state index in [1.54, 1.807) is 43.5 Å². The van der Waals surface area contributed by atoms with Crippen LogP contribution in [0.1, 0.15) is 39.7 Å². The highest BCUT2D eigenvalue weighted by Gasteiger charge is 2.12. The van der Waals surface area contributed by atoms with Crippen LogP contribution in [-0.2, 0) is 19.7 Å². The maximum absolute atomic E-state index is 12.5. The van der Waals surface area contributed by atoms with Gasteiger partial charge in [-0.2, -0.15) is 5.10 Å². The van der Waals surface area contributed by atoms with Crippen LogP contribution < -0.4 is 10.1 Å². The standard InChI is InChI=1S/C22H24N4O4/c1-4-25-16(3)19(13-24-25)12-23-22(27)18-7-5-6-17(11-18)14-30-20-8-9-21(26(28)29)15(2)10-20/h5-11,13H,4,12,14H2,1-3H3,(H,23,27). The van der Waals surface area contributed by atoms with E-state index >= 15 is 0 Å². The molecule has 0 spiro atoms. The number of aromatic nitrogens is 2. The number of rotatable bonds is 8. The summed E-state index contributed by atoms with van der Waals surface area (Å²) >= 11 is 0. The number of carbonyl (C=O) groups excluding carboxylic acids is 1. The number of nitrogens with one attached hydrogen (secondary N) is 1. The smallest absolute Gasteiger partial charge is 0.272 e. The van der Waals surface area contributed by atoms with Crippen LogP contribution >= 0.6 is 0 Å². The number of nitrogens with zero attached hydrogens (tertiary/aromatic N) is 3. The molecule has 156 valence electrons. The second-order valence-electron chi connectivity index (χ2n) is 6.95. The Morgan fingerprint density at radius 3 is 2.70 bits per heavy atom. The van der Waals surface area contributed by atoms with Gasteiger partial charge in [0, 0.05) is 41.5 Å². The fourth-order valence-corrected chi connectivity index (χ4v) is 3.15. The summed E-state index contributed by atoms with van der Waals surface area (Å²) in [6.07, 6.45) is 1.77. The van der Waals surface area contributed by atoms with Crippen LogP contribution in [0, 0.1) is 24.0 Å². The van der Waals surface area contributed by atoms with Crippen molar-refractivity contribution in [3.05, 3.63) is 86.7 Å². The van der Waals surface area contributed by atoms with Crippen molar-refractivity contribution in [2.45, 2.75) is 40.5 Å². The molecule has 2 aromatic carbocycles. The van der Waals surface area contributed by atoms with Gasteiger partial charge >= 0.3 is 0 Å². The predicted octanol–water partition coefficient (Wildman–Crippen LogP) is 3.94. The van der Waals surface area contributed by atoms with E-state index in [1.807, 2.05) is 24.6 Å². The molecule has 1 aromatic heterocycles. The van der Waals surface area contributed by atoms with Gasteiger partial charge in [-0.3, -0.25) is 19.6 Å². The normalized spacial score (nSPS) is 10.6. The molecular weight excluding hydrogens is 384 g/mol. The maximum Gasteiger partial charge on any atom is 0.272 e. The number of hydrogen-bond donors (Lipinski definition) is 1. The molecule has 0 atom stereocenters. The fraction of sp³-hybridized carbons (Fsp3) is 0.273. The molecule has 0 fully saturated rings. The molecule has 0 saturated heterocycles. The number of nitro benzene ring substituents is 1. The predicted molar refractivity (Wildman–Crippen MR) is 112 cm³/mol. The molecule has 1 heterocycles. The topological polar surface area (TPSA) is 99.3 Å². The number of amides is 1. The van der Waals surface area contributed by atoms with E-state index in [9.17, 15) is 14.9 Å². The molecule has 0 unspecified atom stereocenters. The van der Waals surface area contributed by atoms with E-state index in [1.165, 1.54) is 6.07 Å². The van der Waals surface area contributed by atoms with Gasteiger partial charge in [-0.25, -0.2) is 0 Å². The minimum absolute atomic E-state index is 0.0562. The lowest BCUT2D eigenvalue weighted by atomic mass is 10.1. The van der Waals surface area contributed by atoms with E-state index in [4.69, 9.17) is 4.74 Å². The van der Waals surface area contributed by atoms with Gasteiger partial charge in [0.15, 0.2) is 0 Å². The first-order chi connectivity index (χ1) is 14.4. The van der Waals surface area contributed by atoms with Crippen molar-refractivity contribution in [2.75, 3.05) is 0 Å². The van der Waals surface area contributed by atoms with E-state index in [2.05, 4.69) is 10.4 Å². The van der Waals surface area contributed by atoms with E-state index in [-0.39, 0.29) is 18.2 Å². The van der Waals surface area contributed by atoms with Gasteiger partial charge in [0.05, 0.1) is 11.1 Å². The zero-order chi connectivity index (χ0) is 21.7. The minimum Gasteiger partial charge on any atom is -0.489 e. The van der Waals surface area contributed by atoms with Crippen LogP contribution in [0.2, 0.25) is 0 Å². The largest absolute Gasteiger partial charge is 0.489 e. The van der Waals surface area contributed by atoms with E-state index in [0.29, 0.717) is 23.4 Å². The van der Waals surface area contributed by atoms with Gasteiger partial charge < -0.3 is 10.1 Å². The second kappa shape index (κ2) is 9.21. The summed E-state index contributed by atoms with van der Waals surface area (Å²) in [6, 6.07) is 11.8. The Morgan fingerprint density at radius 2 is 2.03 bits per heavy atom. The molecule has 3 aromatic rings. The third-order valence-corrected chi connectivity index (χ3v) is 4.90. The molecule has 0 saturated carbocycles. The molecule has 3 rings (SSSR count). The number of aryl methyl sites for hydroxylation is 2. The fourth-order valence-electron chi connectivity index (χ4n) is 3.15. The minimum atomic E-state index is -0.421. The van der Waals surface area contributed by atoms with Crippen molar-refractivity contribution in [1.82, 2.24) is 15.1 Å². The Bertz CT molecular complexity index is 1070. The lowest BCUT2D eigenvalue weighted by Crippen LogP contribution is -2.23. The average Bonchev–Trinajstić information content (AvgIpc) is 3.10. The first kappa shape index (κ1) is 21.0. The molecule has 0 bridgehead atoms. The highest BCUT2D eigenvalue weighted by atomic mass is 16.6. The molecule has 0 aliphatic rings. The average molecular weight is 408 g/mol. The van der Waals surface area contributed by atoms with Gasteiger partial charge in [0.1, 0.15) is 12.4 Å². The van der Waals surface area contributed by atoms with Crippen LogP contribution in [0.4, 0.5) is 5.69 Å². The quantitative estimate of drug-likeness (QED) is 0.450. The Morgan fingerprint density at radius 1 is 1.23 bits per heavy atom. The Hall–Kier alpha value is -3.68. The van der Waals surface area contributed by atoms with E-state index < -0.39 is 4.92 Å². The molecule has 8 heteroatoms. The lowest BCUT2D eigenvalue weighted by molar-refractivity contribution is -0.385.